The molecule has 1 heterocycles. The summed E-state index contributed by atoms with van der Waals surface area (Å²) in [4.78, 5) is 21.4. The second kappa shape index (κ2) is 3.59. The van der Waals surface area contributed by atoms with Crippen molar-refractivity contribution in [2.75, 3.05) is 5.75 Å². The minimum absolute atomic E-state index is 0.193. The molecule has 0 spiro atoms. The zero-order valence-corrected chi connectivity index (χ0v) is 7.02. The molecule has 0 aromatic carbocycles. The van der Waals surface area contributed by atoms with Gasteiger partial charge in [-0.2, -0.15) is 0 Å². The van der Waals surface area contributed by atoms with E-state index in [1.54, 1.807) is 0 Å². The van der Waals surface area contributed by atoms with Crippen LogP contribution in [0, 0.1) is 0 Å². The normalized spacial score (nSPS) is 24.6. The zero-order chi connectivity index (χ0) is 9.14. The van der Waals surface area contributed by atoms with Gasteiger partial charge in [0.05, 0.1) is 0 Å². The zero-order valence-electron chi connectivity index (χ0n) is 6.20. The summed E-state index contributed by atoms with van der Waals surface area (Å²) >= 11 is -1.41. The molecular weight excluding hydrogens is 180 g/mol. The van der Waals surface area contributed by atoms with Crippen molar-refractivity contribution in [2.45, 2.75) is 5.37 Å². The molecule has 2 N–H and O–H groups in total. The average molecular weight is 188 g/mol. The molecule has 2 atom stereocenters. The first-order valence-electron chi connectivity index (χ1n) is 3.24. The van der Waals surface area contributed by atoms with E-state index in [2.05, 4.69) is 11.9 Å². The minimum Gasteiger partial charge on any atom is -0.614 e. The van der Waals surface area contributed by atoms with E-state index in [-0.39, 0.29) is 5.75 Å². The number of nitrogens with one attached hydrogen (secondary N) is 2. The number of rotatable bonds is 3. The van der Waals surface area contributed by atoms with E-state index in [1.807, 2.05) is 5.32 Å². The summed E-state index contributed by atoms with van der Waals surface area (Å²) in [6.45, 7) is 3.38. The summed E-state index contributed by atoms with van der Waals surface area (Å²) in [6, 6.07) is -0.595. The lowest BCUT2D eigenvalue weighted by atomic mass is 10.6. The van der Waals surface area contributed by atoms with Crippen molar-refractivity contribution in [3.8, 4) is 0 Å². The maximum atomic E-state index is 11.2. The monoisotopic (exact) mass is 188 g/mol. The molecule has 1 aliphatic rings. The van der Waals surface area contributed by atoms with Crippen LogP contribution in [0.5, 0.6) is 0 Å². The third-order valence-electron chi connectivity index (χ3n) is 1.28. The molecule has 12 heavy (non-hydrogen) atoms. The van der Waals surface area contributed by atoms with Crippen LogP contribution < -0.4 is 10.6 Å². The molecule has 1 fully saturated rings. The summed E-state index contributed by atoms with van der Waals surface area (Å²) < 4.78 is 11.2. The summed E-state index contributed by atoms with van der Waals surface area (Å²) in [6.07, 6.45) is 1.44. The fraction of sp³-hybridized carbons (Fsp3) is 0.333. The van der Waals surface area contributed by atoms with E-state index in [1.165, 1.54) is 6.08 Å². The number of urea groups is 1. The molecular formula is C6H8N2O3S. The molecule has 3 amide bonds. The fourth-order valence-electron chi connectivity index (χ4n) is 0.796. The van der Waals surface area contributed by atoms with Crippen LogP contribution in [0.1, 0.15) is 0 Å². The number of hydrogen-bond acceptors (Lipinski definition) is 3. The Kier molecular flexibility index (Phi) is 2.72. The van der Waals surface area contributed by atoms with Gasteiger partial charge in [0, 0.05) is 0 Å². The molecule has 1 saturated heterocycles. The Balaban J connectivity index is 2.57. The van der Waals surface area contributed by atoms with E-state index in [0.717, 1.165) is 0 Å². The lowest BCUT2D eigenvalue weighted by Gasteiger charge is -2.12. The first-order chi connectivity index (χ1) is 5.65. The quantitative estimate of drug-likeness (QED) is 0.341. The van der Waals surface area contributed by atoms with Crippen LogP contribution in [0.3, 0.4) is 0 Å². The predicted molar refractivity (Wildman–Crippen MR) is 43.7 cm³/mol. The van der Waals surface area contributed by atoms with E-state index in [9.17, 15) is 14.1 Å². The lowest BCUT2D eigenvalue weighted by molar-refractivity contribution is -0.118. The molecule has 5 nitrogen and oxygen atoms in total. The molecule has 0 aliphatic carbocycles. The number of carbonyl (C=O) groups excluding carboxylic acids is 2. The first-order valence-corrected chi connectivity index (χ1v) is 4.63. The summed E-state index contributed by atoms with van der Waals surface area (Å²) in [5.41, 5.74) is 0. The third-order valence-corrected chi connectivity index (χ3v) is 2.70. The number of imide groups is 1. The van der Waals surface area contributed by atoms with Crippen LogP contribution in [0.4, 0.5) is 4.79 Å². The highest BCUT2D eigenvalue weighted by Gasteiger charge is 2.38. The van der Waals surface area contributed by atoms with E-state index >= 15 is 0 Å². The second-order valence-corrected chi connectivity index (χ2v) is 3.75. The summed E-state index contributed by atoms with van der Waals surface area (Å²) in [7, 11) is 0. The van der Waals surface area contributed by atoms with E-state index in [0.29, 0.717) is 0 Å². The molecule has 1 rings (SSSR count). The van der Waals surface area contributed by atoms with Gasteiger partial charge in [0.2, 0.25) is 0 Å². The molecule has 1 aliphatic heterocycles. The number of hydrogen-bond donors (Lipinski definition) is 2. The third kappa shape index (κ3) is 1.77. The largest absolute Gasteiger partial charge is 0.614 e. The molecule has 2 unspecified atom stereocenters. The Hall–Kier alpha value is -1.01. The Bertz CT molecular complexity index is 231. The van der Waals surface area contributed by atoms with Gasteiger partial charge in [0.25, 0.3) is 5.37 Å². The Morgan fingerprint density at radius 2 is 2.33 bits per heavy atom. The predicted octanol–water partition coefficient (Wildman–Crippen LogP) is -0.913. The highest BCUT2D eigenvalue weighted by molar-refractivity contribution is 7.92. The molecule has 6 heteroatoms. The highest BCUT2D eigenvalue weighted by Crippen LogP contribution is 2.04. The van der Waals surface area contributed by atoms with Crippen molar-refractivity contribution < 1.29 is 14.1 Å². The van der Waals surface area contributed by atoms with E-state index in [4.69, 9.17) is 0 Å². The lowest BCUT2D eigenvalue weighted by Crippen LogP contribution is -2.38. The molecule has 0 radical (unpaired) electrons. The molecule has 0 aromatic rings. The van der Waals surface area contributed by atoms with Gasteiger partial charge in [-0.05, 0) is 17.3 Å². The van der Waals surface area contributed by atoms with Crippen LogP contribution in [-0.4, -0.2) is 27.6 Å². The number of carbonyl (C=O) groups is 2. The fourth-order valence-corrected chi connectivity index (χ4v) is 1.76. The topological polar surface area (TPSA) is 81.3 Å². The average Bonchev–Trinajstić information content (AvgIpc) is 2.30. The Labute approximate surface area is 72.4 Å². The van der Waals surface area contributed by atoms with Crippen molar-refractivity contribution >= 4 is 23.1 Å². The first kappa shape index (κ1) is 9.08. The van der Waals surface area contributed by atoms with Crippen LogP contribution in [-0.2, 0) is 16.0 Å². The SMILES string of the molecule is C=CC[S+]([O-])C1NC(=O)NC1=O. The molecule has 66 valence electrons. The molecule has 0 saturated carbocycles. The Morgan fingerprint density at radius 3 is 2.75 bits per heavy atom. The van der Waals surface area contributed by atoms with Crippen molar-refractivity contribution in [1.82, 2.24) is 10.6 Å². The van der Waals surface area contributed by atoms with Gasteiger partial charge in [-0.1, -0.05) is 6.58 Å². The van der Waals surface area contributed by atoms with Gasteiger partial charge < -0.3 is 4.55 Å². The summed E-state index contributed by atoms with van der Waals surface area (Å²) in [5.74, 6) is -0.349. The van der Waals surface area contributed by atoms with Crippen LogP contribution in [0.15, 0.2) is 12.7 Å². The van der Waals surface area contributed by atoms with Crippen molar-refractivity contribution in [3.63, 3.8) is 0 Å². The van der Waals surface area contributed by atoms with Gasteiger partial charge in [-0.25, -0.2) is 4.79 Å². The van der Waals surface area contributed by atoms with Crippen molar-refractivity contribution in [1.29, 1.82) is 0 Å². The van der Waals surface area contributed by atoms with Crippen LogP contribution in [0.2, 0.25) is 0 Å². The maximum Gasteiger partial charge on any atom is 0.325 e. The van der Waals surface area contributed by atoms with Crippen LogP contribution >= 0.6 is 0 Å². The van der Waals surface area contributed by atoms with Gasteiger partial charge >= 0.3 is 11.9 Å². The standard InChI is InChI=1S/C6H8N2O3S/c1-2-3-12(11)5-4(9)7-6(10)8-5/h2,5H,1,3H2,(H2,7,8,9,10). The minimum atomic E-state index is -1.41. The van der Waals surface area contributed by atoms with Gasteiger partial charge in [0.1, 0.15) is 5.75 Å². The van der Waals surface area contributed by atoms with Crippen LogP contribution in [0.25, 0.3) is 0 Å². The molecule has 0 aromatic heterocycles. The van der Waals surface area contributed by atoms with Crippen molar-refractivity contribution in [2.24, 2.45) is 0 Å². The van der Waals surface area contributed by atoms with Gasteiger partial charge in [-0.15, -0.1) is 0 Å². The maximum absolute atomic E-state index is 11.2. The van der Waals surface area contributed by atoms with Gasteiger partial charge in [0.15, 0.2) is 0 Å². The molecule has 0 bridgehead atoms. The number of amides is 3. The van der Waals surface area contributed by atoms with Crippen molar-refractivity contribution in [3.05, 3.63) is 12.7 Å². The van der Waals surface area contributed by atoms with Gasteiger partial charge in [-0.3, -0.25) is 15.4 Å². The smallest absolute Gasteiger partial charge is 0.325 e. The highest BCUT2D eigenvalue weighted by atomic mass is 32.2. The second-order valence-electron chi connectivity index (χ2n) is 2.18. The Morgan fingerprint density at radius 1 is 1.67 bits per heavy atom. The summed E-state index contributed by atoms with van der Waals surface area (Å²) in [5, 5.41) is 3.31. The van der Waals surface area contributed by atoms with E-state index < -0.39 is 28.5 Å².